The zero-order chi connectivity index (χ0) is 21.3. The molecule has 0 aliphatic rings. The van der Waals surface area contributed by atoms with Crippen LogP contribution in [0.4, 0.5) is 0 Å². The van der Waals surface area contributed by atoms with Gasteiger partial charge in [-0.2, -0.15) is 0 Å². The van der Waals surface area contributed by atoms with E-state index < -0.39 is 5.54 Å². The number of methoxy groups -OCH3 is 1. The second kappa shape index (κ2) is 17.4. The minimum absolute atomic E-state index is 0.0309. The molecule has 164 valence electrons. The molecule has 1 N–H and O–H groups in total. The topological polar surface area (TPSA) is 66.0 Å². The van der Waals surface area contributed by atoms with Crippen molar-refractivity contribution < 1.29 is 23.7 Å². The van der Waals surface area contributed by atoms with Crippen molar-refractivity contribution in [1.29, 1.82) is 0 Å². The number of nitrogens with one attached hydrogen (secondary N) is 1. The number of rotatable bonds is 15. The summed E-state index contributed by atoms with van der Waals surface area (Å²) in [7, 11) is 1.61. The van der Waals surface area contributed by atoms with Gasteiger partial charge in [0, 0.05) is 13.7 Å². The molecular weight excluding hydrogens is 346 g/mol. The summed E-state index contributed by atoms with van der Waals surface area (Å²) in [5.74, 6) is 0.375. The SMILES string of the molecule is CC.CCC(C)OCC(COC)(COC(C)C)NC(=O)COCCC(C)C. The summed E-state index contributed by atoms with van der Waals surface area (Å²) in [6.45, 7) is 17.8. The van der Waals surface area contributed by atoms with Crippen molar-refractivity contribution in [2.45, 2.75) is 86.0 Å². The van der Waals surface area contributed by atoms with Gasteiger partial charge in [0.1, 0.15) is 12.1 Å². The van der Waals surface area contributed by atoms with Crippen LogP contribution in [0.5, 0.6) is 0 Å². The average molecular weight is 392 g/mol. The molecule has 0 aromatic heterocycles. The molecule has 0 saturated carbocycles. The maximum atomic E-state index is 12.3. The summed E-state index contributed by atoms with van der Waals surface area (Å²) in [5.41, 5.74) is -0.721. The van der Waals surface area contributed by atoms with Crippen LogP contribution >= 0.6 is 0 Å². The van der Waals surface area contributed by atoms with Gasteiger partial charge in [-0.1, -0.05) is 34.6 Å². The minimum atomic E-state index is -0.721. The van der Waals surface area contributed by atoms with Gasteiger partial charge in [-0.25, -0.2) is 0 Å². The molecule has 6 heteroatoms. The quantitative estimate of drug-likeness (QED) is 0.430. The molecule has 0 aromatic rings. The maximum Gasteiger partial charge on any atom is 0.246 e. The molecule has 0 fully saturated rings. The van der Waals surface area contributed by atoms with E-state index in [1.807, 2.05) is 34.6 Å². The highest BCUT2D eigenvalue weighted by molar-refractivity contribution is 5.78. The van der Waals surface area contributed by atoms with Gasteiger partial charge in [0.2, 0.25) is 5.91 Å². The number of carbonyl (C=O) groups excluding carboxylic acids is 1. The van der Waals surface area contributed by atoms with E-state index in [4.69, 9.17) is 18.9 Å². The Morgan fingerprint density at radius 3 is 2.07 bits per heavy atom. The third-order valence-corrected chi connectivity index (χ3v) is 3.81. The van der Waals surface area contributed by atoms with Crippen LogP contribution in [0, 0.1) is 5.92 Å². The number of hydrogen-bond acceptors (Lipinski definition) is 5. The van der Waals surface area contributed by atoms with Crippen molar-refractivity contribution in [3.8, 4) is 0 Å². The van der Waals surface area contributed by atoms with Crippen LogP contribution in [0.15, 0.2) is 0 Å². The van der Waals surface area contributed by atoms with Crippen LogP contribution in [0.1, 0.15) is 68.2 Å². The average Bonchev–Trinajstić information content (AvgIpc) is 2.63. The van der Waals surface area contributed by atoms with E-state index in [-0.39, 0.29) is 24.7 Å². The van der Waals surface area contributed by atoms with Crippen molar-refractivity contribution in [3.05, 3.63) is 0 Å². The second-order valence-electron chi connectivity index (χ2n) is 7.39. The van der Waals surface area contributed by atoms with Crippen molar-refractivity contribution in [1.82, 2.24) is 5.32 Å². The van der Waals surface area contributed by atoms with Crippen molar-refractivity contribution in [2.24, 2.45) is 5.92 Å². The molecule has 0 aliphatic heterocycles. The lowest BCUT2D eigenvalue weighted by molar-refractivity contribution is -0.133. The highest BCUT2D eigenvalue weighted by Crippen LogP contribution is 2.12. The molecule has 0 rings (SSSR count). The lowest BCUT2D eigenvalue weighted by atomic mass is 10.0. The third kappa shape index (κ3) is 16.0. The van der Waals surface area contributed by atoms with Crippen LogP contribution in [-0.4, -0.2) is 63.8 Å². The summed E-state index contributed by atoms with van der Waals surface area (Å²) in [5, 5.41) is 3.02. The first kappa shape index (κ1) is 28.5. The van der Waals surface area contributed by atoms with Crippen molar-refractivity contribution >= 4 is 5.91 Å². The van der Waals surface area contributed by atoms with Crippen molar-refractivity contribution in [2.75, 3.05) is 40.1 Å². The van der Waals surface area contributed by atoms with E-state index in [0.29, 0.717) is 32.3 Å². The van der Waals surface area contributed by atoms with Crippen molar-refractivity contribution in [3.63, 3.8) is 0 Å². The fourth-order valence-electron chi connectivity index (χ4n) is 2.07. The highest BCUT2D eigenvalue weighted by Gasteiger charge is 2.34. The molecule has 2 unspecified atom stereocenters. The molecule has 0 aliphatic carbocycles. The summed E-state index contributed by atoms with van der Waals surface area (Å²) < 4.78 is 22.5. The largest absolute Gasteiger partial charge is 0.382 e. The van der Waals surface area contributed by atoms with Gasteiger partial charge in [-0.15, -0.1) is 0 Å². The van der Waals surface area contributed by atoms with E-state index in [9.17, 15) is 4.79 Å². The lowest BCUT2D eigenvalue weighted by Gasteiger charge is -2.35. The van der Waals surface area contributed by atoms with Crippen LogP contribution in [-0.2, 0) is 23.7 Å². The fraction of sp³-hybridized carbons (Fsp3) is 0.952. The van der Waals surface area contributed by atoms with Crippen LogP contribution < -0.4 is 5.32 Å². The molecule has 0 bridgehead atoms. The molecule has 0 radical (unpaired) electrons. The second-order valence-corrected chi connectivity index (χ2v) is 7.39. The first-order valence-electron chi connectivity index (χ1n) is 10.4. The molecular formula is C21H45NO5. The summed E-state index contributed by atoms with van der Waals surface area (Å²) in [4.78, 5) is 12.3. The Labute approximate surface area is 167 Å². The van der Waals surface area contributed by atoms with E-state index in [1.165, 1.54) is 0 Å². The summed E-state index contributed by atoms with van der Waals surface area (Å²) in [6, 6.07) is 0. The first-order chi connectivity index (χ1) is 12.7. The van der Waals surface area contributed by atoms with Crippen LogP contribution in [0.2, 0.25) is 0 Å². The van der Waals surface area contributed by atoms with Gasteiger partial charge in [0.15, 0.2) is 0 Å². The Morgan fingerprint density at radius 2 is 1.59 bits per heavy atom. The van der Waals surface area contributed by atoms with Crippen LogP contribution in [0.25, 0.3) is 0 Å². The predicted octanol–water partition coefficient (Wildman–Crippen LogP) is 3.82. The number of ether oxygens (including phenoxy) is 4. The smallest absolute Gasteiger partial charge is 0.246 e. The van der Waals surface area contributed by atoms with Gasteiger partial charge >= 0.3 is 0 Å². The lowest BCUT2D eigenvalue weighted by Crippen LogP contribution is -2.59. The Bertz CT molecular complexity index is 349. The molecule has 0 spiro atoms. The predicted molar refractivity (Wildman–Crippen MR) is 111 cm³/mol. The van der Waals surface area contributed by atoms with Gasteiger partial charge < -0.3 is 24.3 Å². The molecule has 0 aromatic carbocycles. The van der Waals surface area contributed by atoms with E-state index in [1.54, 1.807) is 7.11 Å². The molecule has 2 atom stereocenters. The molecule has 0 saturated heterocycles. The van der Waals surface area contributed by atoms with Gasteiger partial charge in [0.25, 0.3) is 0 Å². The highest BCUT2D eigenvalue weighted by atomic mass is 16.5. The Balaban J connectivity index is 0. The van der Waals surface area contributed by atoms with Crippen LogP contribution in [0.3, 0.4) is 0 Å². The third-order valence-electron chi connectivity index (χ3n) is 3.81. The molecule has 6 nitrogen and oxygen atoms in total. The Hall–Kier alpha value is -0.690. The summed E-state index contributed by atoms with van der Waals surface area (Å²) >= 11 is 0. The zero-order valence-corrected chi connectivity index (χ0v) is 19.2. The number of carbonyl (C=O) groups is 1. The normalized spacial score (nSPS) is 14.5. The standard InChI is InChI=1S/C19H39NO5.C2H6/c1-8-17(6)25-14-19(12-22-7,13-24-16(4)5)20-18(21)11-23-10-9-15(2)3;1-2/h15-17H,8-14H2,1-7H3,(H,20,21);1-2H3. The molecule has 0 heterocycles. The Morgan fingerprint density at radius 1 is 1.00 bits per heavy atom. The Kier molecular flexibility index (Phi) is 18.4. The zero-order valence-electron chi connectivity index (χ0n) is 19.2. The van der Waals surface area contributed by atoms with E-state index >= 15 is 0 Å². The van der Waals surface area contributed by atoms with Gasteiger partial charge in [-0.05, 0) is 39.5 Å². The van der Waals surface area contributed by atoms with Gasteiger partial charge in [0.05, 0.1) is 32.0 Å². The molecule has 1 amide bonds. The fourth-order valence-corrected chi connectivity index (χ4v) is 2.07. The monoisotopic (exact) mass is 391 g/mol. The molecule has 27 heavy (non-hydrogen) atoms. The minimum Gasteiger partial charge on any atom is -0.382 e. The first-order valence-corrected chi connectivity index (χ1v) is 10.4. The number of hydrogen-bond donors (Lipinski definition) is 1. The number of amides is 1. The van der Waals surface area contributed by atoms with E-state index in [2.05, 4.69) is 26.1 Å². The van der Waals surface area contributed by atoms with Gasteiger partial charge in [-0.3, -0.25) is 4.79 Å². The maximum absolute atomic E-state index is 12.3. The summed E-state index contributed by atoms with van der Waals surface area (Å²) in [6.07, 6.45) is 2.00. The van der Waals surface area contributed by atoms with E-state index in [0.717, 1.165) is 12.8 Å².